The van der Waals surface area contributed by atoms with Gasteiger partial charge in [0.2, 0.25) is 5.91 Å². The summed E-state index contributed by atoms with van der Waals surface area (Å²) in [5.74, 6) is 0.621. The lowest BCUT2D eigenvalue weighted by atomic mass is 10.4. The van der Waals surface area contributed by atoms with Crippen molar-refractivity contribution in [2.45, 2.75) is 26.7 Å². The lowest BCUT2D eigenvalue weighted by Gasteiger charge is -2.13. The van der Waals surface area contributed by atoms with Crippen molar-refractivity contribution in [2.24, 2.45) is 4.99 Å². The number of aryl methyl sites for hydroxylation is 1. The first-order chi connectivity index (χ1) is 11.5. The molecule has 144 valence electrons. The predicted molar refractivity (Wildman–Crippen MR) is 114 cm³/mol. The quantitative estimate of drug-likeness (QED) is 0.229. The Balaban J connectivity index is 0.00000576. The molecule has 25 heavy (non-hydrogen) atoms. The second-order valence-electron chi connectivity index (χ2n) is 5.47. The number of guanidine groups is 1. The number of carbonyl (C=O) groups is 1. The summed E-state index contributed by atoms with van der Waals surface area (Å²) < 4.78 is 5.32. The number of thiazole rings is 1. The first kappa shape index (κ1) is 24.1. The van der Waals surface area contributed by atoms with Crippen molar-refractivity contribution >= 4 is 47.2 Å². The third-order valence-electron chi connectivity index (χ3n) is 3.13. The monoisotopic (exact) mass is 483 g/mol. The van der Waals surface area contributed by atoms with Gasteiger partial charge in [-0.1, -0.05) is 0 Å². The topological polar surface area (TPSA) is 78.8 Å². The highest BCUT2D eigenvalue weighted by atomic mass is 127. The number of rotatable bonds is 10. The standard InChI is InChI=1S/C16H29N5O2S.HI/c1-5-23-10-6-8-17-16(20-12-15(22)21(3)4)18-9-7-14-19-11-13(2)24-14;/h11H,5-10,12H2,1-4H3,(H2,17,18,20);1H. The molecule has 0 saturated heterocycles. The Labute approximate surface area is 171 Å². The molecule has 0 saturated carbocycles. The predicted octanol–water partition coefficient (Wildman–Crippen LogP) is 1.66. The zero-order valence-electron chi connectivity index (χ0n) is 15.5. The Kier molecular flexibility index (Phi) is 13.7. The lowest BCUT2D eigenvalue weighted by molar-refractivity contribution is -0.127. The summed E-state index contributed by atoms with van der Waals surface area (Å²) in [7, 11) is 3.45. The fourth-order valence-corrected chi connectivity index (χ4v) is 2.58. The summed E-state index contributed by atoms with van der Waals surface area (Å²) in [4.78, 5) is 23.1. The van der Waals surface area contributed by atoms with Gasteiger partial charge in [0.25, 0.3) is 0 Å². The number of aliphatic imine (C=N–C) groups is 1. The molecular weight excluding hydrogens is 453 g/mol. The number of hydrogen-bond acceptors (Lipinski definition) is 5. The highest BCUT2D eigenvalue weighted by Crippen LogP contribution is 2.10. The molecule has 0 spiro atoms. The van der Waals surface area contributed by atoms with E-state index in [1.165, 1.54) is 9.78 Å². The number of nitrogens with zero attached hydrogens (tertiary/aromatic N) is 3. The molecule has 0 unspecified atom stereocenters. The van der Waals surface area contributed by atoms with Crippen LogP contribution >= 0.6 is 35.3 Å². The zero-order valence-corrected chi connectivity index (χ0v) is 18.6. The van der Waals surface area contributed by atoms with Crippen LogP contribution in [0.3, 0.4) is 0 Å². The maximum Gasteiger partial charge on any atom is 0.243 e. The summed E-state index contributed by atoms with van der Waals surface area (Å²) in [5, 5.41) is 7.59. The molecular formula is C16H30IN5O2S. The summed E-state index contributed by atoms with van der Waals surface area (Å²) >= 11 is 1.70. The molecule has 9 heteroatoms. The van der Waals surface area contributed by atoms with Crippen molar-refractivity contribution in [2.75, 3.05) is 46.9 Å². The van der Waals surface area contributed by atoms with Crippen LogP contribution < -0.4 is 10.6 Å². The number of amides is 1. The van der Waals surface area contributed by atoms with Crippen molar-refractivity contribution in [3.63, 3.8) is 0 Å². The van der Waals surface area contributed by atoms with Crippen molar-refractivity contribution in [1.29, 1.82) is 0 Å². The smallest absolute Gasteiger partial charge is 0.243 e. The van der Waals surface area contributed by atoms with E-state index < -0.39 is 0 Å². The summed E-state index contributed by atoms with van der Waals surface area (Å²) in [6.45, 7) is 7.07. The van der Waals surface area contributed by atoms with Crippen LogP contribution in [-0.4, -0.2) is 68.7 Å². The minimum Gasteiger partial charge on any atom is -0.382 e. The van der Waals surface area contributed by atoms with Crippen LogP contribution in [0.1, 0.15) is 23.2 Å². The third-order valence-corrected chi connectivity index (χ3v) is 4.11. The molecule has 1 aromatic rings. The van der Waals surface area contributed by atoms with E-state index in [9.17, 15) is 4.79 Å². The average Bonchev–Trinajstić information content (AvgIpc) is 2.96. The largest absolute Gasteiger partial charge is 0.382 e. The van der Waals surface area contributed by atoms with Crippen LogP contribution in [0.2, 0.25) is 0 Å². The molecule has 0 fully saturated rings. The van der Waals surface area contributed by atoms with Gasteiger partial charge < -0.3 is 20.3 Å². The van der Waals surface area contributed by atoms with Gasteiger partial charge in [-0.15, -0.1) is 35.3 Å². The highest BCUT2D eigenvalue weighted by molar-refractivity contribution is 14.0. The SMILES string of the molecule is CCOCCCNC(=NCC(=O)N(C)C)NCCc1ncc(C)s1.I. The van der Waals surface area contributed by atoms with Crippen LogP contribution in [0.15, 0.2) is 11.2 Å². The summed E-state index contributed by atoms with van der Waals surface area (Å²) in [6.07, 6.45) is 3.61. The molecule has 0 aliphatic carbocycles. The van der Waals surface area contributed by atoms with Gasteiger partial charge in [0.15, 0.2) is 5.96 Å². The molecule has 1 aromatic heterocycles. The van der Waals surface area contributed by atoms with E-state index in [0.717, 1.165) is 37.5 Å². The molecule has 0 aliphatic rings. The van der Waals surface area contributed by atoms with E-state index in [1.54, 1.807) is 25.4 Å². The Hall–Kier alpha value is -0.940. The van der Waals surface area contributed by atoms with E-state index >= 15 is 0 Å². The summed E-state index contributed by atoms with van der Waals surface area (Å²) in [5.41, 5.74) is 0. The van der Waals surface area contributed by atoms with E-state index in [4.69, 9.17) is 4.74 Å². The second-order valence-corrected chi connectivity index (χ2v) is 6.79. The number of nitrogens with one attached hydrogen (secondary N) is 2. The molecule has 1 amide bonds. The molecule has 1 heterocycles. The van der Waals surface area contributed by atoms with Crippen molar-refractivity contribution in [1.82, 2.24) is 20.5 Å². The normalized spacial score (nSPS) is 11.0. The van der Waals surface area contributed by atoms with Gasteiger partial charge in [-0.2, -0.15) is 0 Å². The van der Waals surface area contributed by atoms with Crippen LogP contribution in [0.25, 0.3) is 0 Å². The van der Waals surface area contributed by atoms with E-state index in [1.807, 2.05) is 20.0 Å². The number of halogens is 1. The van der Waals surface area contributed by atoms with Crippen molar-refractivity contribution < 1.29 is 9.53 Å². The fraction of sp³-hybridized carbons (Fsp3) is 0.688. The minimum atomic E-state index is -0.0269. The van der Waals surface area contributed by atoms with Gasteiger partial charge >= 0.3 is 0 Å². The highest BCUT2D eigenvalue weighted by Gasteiger charge is 2.05. The Morgan fingerprint density at radius 3 is 2.68 bits per heavy atom. The Bertz CT molecular complexity index is 522. The number of hydrogen-bond donors (Lipinski definition) is 2. The minimum absolute atomic E-state index is 0. The van der Waals surface area contributed by atoms with Crippen LogP contribution in [0.5, 0.6) is 0 Å². The number of ether oxygens (including phenoxy) is 1. The van der Waals surface area contributed by atoms with E-state index in [-0.39, 0.29) is 36.4 Å². The first-order valence-electron chi connectivity index (χ1n) is 8.24. The van der Waals surface area contributed by atoms with Gasteiger partial charge in [-0.05, 0) is 20.3 Å². The Morgan fingerprint density at radius 2 is 2.08 bits per heavy atom. The number of carbonyl (C=O) groups excluding carboxylic acids is 1. The average molecular weight is 483 g/mol. The van der Waals surface area contributed by atoms with Gasteiger partial charge in [-0.3, -0.25) is 4.79 Å². The molecule has 0 aromatic carbocycles. The maximum absolute atomic E-state index is 11.7. The van der Waals surface area contributed by atoms with Gasteiger partial charge in [0, 0.05) is 57.9 Å². The van der Waals surface area contributed by atoms with E-state index in [2.05, 4.69) is 20.6 Å². The molecule has 2 N–H and O–H groups in total. The summed E-state index contributed by atoms with van der Waals surface area (Å²) in [6, 6.07) is 0. The van der Waals surface area contributed by atoms with Gasteiger partial charge in [-0.25, -0.2) is 9.98 Å². The van der Waals surface area contributed by atoms with Crippen molar-refractivity contribution in [3.8, 4) is 0 Å². The first-order valence-corrected chi connectivity index (χ1v) is 9.06. The molecule has 1 rings (SSSR count). The van der Waals surface area contributed by atoms with Gasteiger partial charge in [0.05, 0.1) is 5.01 Å². The fourth-order valence-electron chi connectivity index (χ4n) is 1.79. The molecule has 0 aliphatic heterocycles. The molecule has 0 atom stereocenters. The van der Waals surface area contributed by atoms with Crippen LogP contribution in [0.4, 0.5) is 0 Å². The zero-order chi connectivity index (χ0) is 17.8. The number of likely N-dealkylation sites (N-methyl/N-ethyl adjacent to an activating group) is 1. The van der Waals surface area contributed by atoms with Crippen molar-refractivity contribution in [3.05, 3.63) is 16.1 Å². The third kappa shape index (κ3) is 11.3. The molecule has 7 nitrogen and oxygen atoms in total. The molecule has 0 bridgehead atoms. The Morgan fingerprint density at radius 1 is 1.36 bits per heavy atom. The van der Waals surface area contributed by atoms with Crippen LogP contribution in [-0.2, 0) is 16.0 Å². The van der Waals surface area contributed by atoms with E-state index in [0.29, 0.717) is 12.6 Å². The maximum atomic E-state index is 11.7. The number of aromatic nitrogens is 1. The van der Waals surface area contributed by atoms with Gasteiger partial charge in [0.1, 0.15) is 6.54 Å². The second kappa shape index (κ2) is 14.3. The van der Waals surface area contributed by atoms with Crippen LogP contribution in [0, 0.1) is 6.92 Å². The lowest BCUT2D eigenvalue weighted by Crippen LogP contribution is -2.40. The molecule has 0 radical (unpaired) electrons.